The summed E-state index contributed by atoms with van der Waals surface area (Å²) in [5.74, 6) is 1.90. The van der Waals surface area contributed by atoms with Crippen LogP contribution in [0.4, 0.5) is 0 Å². The second kappa shape index (κ2) is 5.44. The van der Waals surface area contributed by atoms with Gasteiger partial charge in [-0.1, -0.05) is 37.1 Å². The maximum absolute atomic E-state index is 3.72. The summed E-state index contributed by atoms with van der Waals surface area (Å²) in [6.07, 6.45) is 8.53. The lowest BCUT2D eigenvalue weighted by molar-refractivity contribution is 0.288. The van der Waals surface area contributed by atoms with Crippen LogP contribution in [0.25, 0.3) is 0 Å². The molecule has 0 heterocycles. The Bertz CT molecular complexity index is 388. The first-order valence-electron chi connectivity index (χ1n) is 7.62. The molecule has 3 rings (SSSR count). The summed E-state index contributed by atoms with van der Waals surface area (Å²) in [5, 5.41) is 3.72. The molecule has 1 aromatic rings. The standard InChI is InChI=1S/C17H25N/c1-13-5-2-3-7-17(13)15-11-16(12-15)18-10-4-6-14-8-9-14/h2-3,5,7,14-16,18H,4,6,8-12H2,1H3. The molecule has 1 nitrogen and oxygen atoms in total. The highest BCUT2D eigenvalue weighted by molar-refractivity contribution is 5.31. The van der Waals surface area contributed by atoms with Gasteiger partial charge < -0.3 is 5.32 Å². The first-order valence-corrected chi connectivity index (χ1v) is 7.62. The first kappa shape index (κ1) is 12.2. The highest BCUT2D eigenvalue weighted by atomic mass is 14.9. The molecule has 0 radical (unpaired) electrons. The third-order valence-corrected chi connectivity index (χ3v) is 4.69. The van der Waals surface area contributed by atoms with Gasteiger partial charge in [-0.25, -0.2) is 0 Å². The van der Waals surface area contributed by atoms with E-state index in [4.69, 9.17) is 0 Å². The van der Waals surface area contributed by atoms with Gasteiger partial charge in [-0.2, -0.15) is 0 Å². The molecule has 2 aliphatic carbocycles. The average Bonchev–Trinajstić information content (AvgIpc) is 3.12. The van der Waals surface area contributed by atoms with Gasteiger partial charge in [0, 0.05) is 6.04 Å². The van der Waals surface area contributed by atoms with Crippen molar-refractivity contribution in [3.8, 4) is 0 Å². The van der Waals surface area contributed by atoms with Crippen LogP contribution in [0.15, 0.2) is 24.3 Å². The fraction of sp³-hybridized carbons (Fsp3) is 0.647. The number of rotatable bonds is 6. The van der Waals surface area contributed by atoms with E-state index in [1.54, 1.807) is 5.56 Å². The van der Waals surface area contributed by atoms with Crippen LogP contribution in [0.5, 0.6) is 0 Å². The summed E-state index contributed by atoms with van der Waals surface area (Å²) in [6.45, 7) is 3.48. The fourth-order valence-corrected chi connectivity index (χ4v) is 3.19. The van der Waals surface area contributed by atoms with Crippen molar-refractivity contribution in [3.05, 3.63) is 35.4 Å². The zero-order valence-corrected chi connectivity index (χ0v) is 11.5. The topological polar surface area (TPSA) is 12.0 Å². The van der Waals surface area contributed by atoms with E-state index in [-0.39, 0.29) is 0 Å². The van der Waals surface area contributed by atoms with E-state index >= 15 is 0 Å². The largest absolute Gasteiger partial charge is 0.314 e. The second-order valence-corrected chi connectivity index (χ2v) is 6.26. The fourth-order valence-electron chi connectivity index (χ4n) is 3.19. The summed E-state index contributed by atoms with van der Waals surface area (Å²) in [5.41, 5.74) is 3.04. The van der Waals surface area contributed by atoms with E-state index < -0.39 is 0 Å². The molecule has 98 valence electrons. The lowest BCUT2D eigenvalue weighted by atomic mass is 9.74. The Kier molecular flexibility index (Phi) is 3.69. The van der Waals surface area contributed by atoms with E-state index in [1.807, 2.05) is 0 Å². The van der Waals surface area contributed by atoms with Gasteiger partial charge in [0.1, 0.15) is 0 Å². The molecule has 0 spiro atoms. The van der Waals surface area contributed by atoms with Gasteiger partial charge in [-0.15, -0.1) is 0 Å². The van der Waals surface area contributed by atoms with Gasteiger partial charge in [0.25, 0.3) is 0 Å². The maximum Gasteiger partial charge on any atom is 0.00787 e. The van der Waals surface area contributed by atoms with Crippen molar-refractivity contribution >= 4 is 0 Å². The molecular weight excluding hydrogens is 218 g/mol. The van der Waals surface area contributed by atoms with Gasteiger partial charge in [0.15, 0.2) is 0 Å². The van der Waals surface area contributed by atoms with E-state index in [1.165, 1.54) is 50.6 Å². The van der Waals surface area contributed by atoms with Crippen LogP contribution in [0.2, 0.25) is 0 Å². The van der Waals surface area contributed by atoms with Crippen molar-refractivity contribution in [1.82, 2.24) is 5.32 Å². The molecule has 2 saturated carbocycles. The summed E-state index contributed by atoms with van der Waals surface area (Å²) >= 11 is 0. The molecule has 0 unspecified atom stereocenters. The summed E-state index contributed by atoms with van der Waals surface area (Å²) in [4.78, 5) is 0. The van der Waals surface area contributed by atoms with E-state index in [2.05, 4.69) is 36.5 Å². The Morgan fingerprint density at radius 2 is 1.94 bits per heavy atom. The van der Waals surface area contributed by atoms with Crippen LogP contribution in [-0.2, 0) is 0 Å². The minimum Gasteiger partial charge on any atom is -0.314 e. The Balaban J connectivity index is 1.36. The van der Waals surface area contributed by atoms with Gasteiger partial charge >= 0.3 is 0 Å². The van der Waals surface area contributed by atoms with Gasteiger partial charge in [-0.3, -0.25) is 0 Å². The molecule has 1 N–H and O–H groups in total. The smallest absolute Gasteiger partial charge is 0.00787 e. The molecule has 0 amide bonds. The molecule has 0 saturated heterocycles. The molecular formula is C17H25N. The minimum atomic E-state index is 0.786. The molecule has 0 aliphatic heterocycles. The molecule has 18 heavy (non-hydrogen) atoms. The monoisotopic (exact) mass is 243 g/mol. The van der Waals surface area contributed by atoms with Crippen molar-refractivity contribution < 1.29 is 0 Å². The van der Waals surface area contributed by atoms with E-state index in [0.717, 1.165) is 17.9 Å². The molecule has 2 fully saturated rings. The van der Waals surface area contributed by atoms with Crippen LogP contribution in [-0.4, -0.2) is 12.6 Å². The van der Waals surface area contributed by atoms with Gasteiger partial charge in [0.2, 0.25) is 0 Å². The van der Waals surface area contributed by atoms with Crippen molar-refractivity contribution in [2.45, 2.75) is 57.4 Å². The lowest BCUT2D eigenvalue weighted by Crippen LogP contribution is -2.40. The highest BCUT2D eigenvalue weighted by Crippen LogP contribution is 2.38. The number of benzene rings is 1. The molecule has 0 atom stereocenters. The quantitative estimate of drug-likeness (QED) is 0.744. The van der Waals surface area contributed by atoms with Crippen LogP contribution in [0, 0.1) is 12.8 Å². The van der Waals surface area contributed by atoms with Crippen LogP contribution in [0.1, 0.15) is 55.6 Å². The van der Waals surface area contributed by atoms with E-state index in [0.29, 0.717) is 0 Å². The number of hydrogen-bond acceptors (Lipinski definition) is 1. The Hall–Kier alpha value is -0.820. The Morgan fingerprint density at radius 3 is 2.67 bits per heavy atom. The predicted molar refractivity (Wildman–Crippen MR) is 76.9 cm³/mol. The Labute approximate surface area is 111 Å². The molecule has 0 bridgehead atoms. The molecule has 2 aliphatic rings. The highest BCUT2D eigenvalue weighted by Gasteiger charge is 2.30. The maximum atomic E-state index is 3.72. The summed E-state index contributed by atoms with van der Waals surface area (Å²) in [6, 6.07) is 9.66. The van der Waals surface area contributed by atoms with Gasteiger partial charge in [0.05, 0.1) is 0 Å². The zero-order chi connectivity index (χ0) is 12.4. The van der Waals surface area contributed by atoms with Crippen LogP contribution < -0.4 is 5.32 Å². The number of nitrogens with one attached hydrogen (secondary N) is 1. The third-order valence-electron chi connectivity index (χ3n) is 4.69. The molecule has 0 aromatic heterocycles. The second-order valence-electron chi connectivity index (χ2n) is 6.26. The Morgan fingerprint density at radius 1 is 1.17 bits per heavy atom. The van der Waals surface area contributed by atoms with Crippen LogP contribution >= 0.6 is 0 Å². The van der Waals surface area contributed by atoms with Crippen molar-refractivity contribution in [3.63, 3.8) is 0 Å². The summed E-state index contributed by atoms with van der Waals surface area (Å²) in [7, 11) is 0. The zero-order valence-electron chi connectivity index (χ0n) is 11.5. The number of hydrogen-bond donors (Lipinski definition) is 1. The normalized spacial score (nSPS) is 26.9. The average molecular weight is 243 g/mol. The van der Waals surface area contributed by atoms with Crippen LogP contribution in [0.3, 0.4) is 0 Å². The lowest BCUT2D eigenvalue weighted by Gasteiger charge is -2.37. The van der Waals surface area contributed by atoms with Gasteiger partial charge in [-0.05, 0) is 62.1 Å². The van der Waals surface area contributed by atoms with Crippen molar-refractivity contribution in [2.24, 2.45) is 5.92 Å². The van der Waals surface area contributed by atoms with E-state index in [9.17, 15) is 0 Å². The number of aryl methyl sites for hydroxylation is 1. The van der Waals surface area contributed by atoms with Crippen molar-refractivity contribution in [1.29, 1.82) is 0 Å². The predicted octanol–water partition coefficient (Wildman–Crippen LogP) is 4.02. The first-order chi connectivity index (χ1) is 8.83. The summed E-state index contributed by atoms with van der Waals surface area (Å²) < 4.78 is 0. The third kappa shape index (κ3) is 2.95. The molecule has 1 heteroatoms. The molecule has 1 aromatic carbocycles. The minimum absolute atomic E-state index is 0.786. The van der Waals surface area contributed by atoms with Crippen molar-refractivity contribution in [2.75, 3.05) is 6.54 Å². The SMILES string of the molecule is Cc1ccccc1C1CC(NCCCC2CC2)C1.